The highest BCUT2D eigenvalue weighted by Gasteiger charge is 2.07. The van der Waals surface area contributed by atoms with Gasteiger partial charge in [0.2, 0.25) is 0 Å². The number of phenols is 1. The highest BCUT2D eigenvalue weighted by atomic mass is 32.1. The first-order chi connectivity index (χ1) is 8.65. The summed E-state index contributed by atoms with van der Waals surface area (Å²) in [4.78, 5) is 4.47. The van der Waals surface area contributed by atoms with Gasteiger partial charge in [-0.25, -0.2) is 4.98 Å². The maximum Gasteiger partial charge on any atom is 0.115 e. The van der Waals surface area contributed by atoms with Crippen LogP contribution in [0.4, 0.5) is 0 Å². The van der Waals surface area contributed by atoms with Gasteiger partial charge in [-0.1, -0.05) is 12.1 Å². The maximum atomic E-state index is 9.20. The first kappa shape index (κ1) is 13.1. The molecule has 3 nitrogen and oxygen atoms in total. The van der Waals surface area contributed by atoms with Crippen molar-refractivity contribution in [3.63, 3.8) is 0 Å². The molecule has 0 saturated carbocycles. The predicted octanol–water partition coefficient (Wildman–Crippen LogP) is 3.05. The third kappa shape index (κ3) is 3.55. The Bertz CT molecular complexity index is 493. The van der Waals surface area contributed by atoms with Crippen LogP contribution < -0.4 is 5.32 Å². The maximum absolute atomic E-state index is 9.20. The Morgan fingerprint density at radius 1 is 1.33 bits per heavy atom. The minimum absolute atomic E-state index is 0.284. The van der Waals surface area contributed by atoms with Crippen LogP contribution in [0.1, 0.15) is 29.2 Å². The molecule has 96 valence electrons. The van der Waals surface area contributed by atoms with Crippen LogP contribution in [0.25, 0.3) is 0 Å². The molecule has 0 radical (unpaired) electrons. The summed E-state index contributed by atoms with van der Waals surface area (Å²) in [7, 11) is 0. The number of benzene rings is 1. The molecule has 4 heteroatoms. The molecule has 0 amide bonds. The van der Waals surface area contributed by atoms with Gasteiger partial charge in [-0.2, -0.15) is 0 Å². The molecule has 0 aliphatic heterocycles. The van der Waals surface area contributed by atoms with E-state index in [1.54, 1.807) is 23.5 Å². The monoisotopic (exact) mass is 262 g/mol. The Hall–Kier alpha value is -1.39. The standard InChI is InChI=1S/C14H18N2OS/c1-10(14-9-18-11(2)16-14)15-8-7-12-3-5-13(17)6-4-12/h3-6,9-10,15,17H,7-8H2,1-2H3. The number of thiazole rings is 1. The van der Waals surface area contributed by atoms with Gasteiger partial charge in [0.05, 0.1) is 10.7 Å². The third-order valence-electron chi connectivity index (χ3n) is 2.88. The van der Waals surface area contributed by atoms with Crippen LogP contribution in [-0.2, 0) is 6.42 Å². The highest BCUT2D eigenvalue weighted by molar-refractivity contribution is 7.09. The van der Waals surface area contributed by atoms with Crippen LogP contribution in [0.3, 0.4) is 0 Å². The van der Waals surface area contributed by atoms with Gasteiger partial charge < -0.3 is 10.4 Å². The van der Waals surface area contributed by atoms with E-state index >= 15 is 0 Å². The van der Waals surface area contributed by atoms with Crippen molar-refractivity contribution in [1.82, 2.24) is 10.3 Å². The Morgan fingerprint density at radius 3 is 2.67 bits per heavy atom. The molecular formula is C14H18N2OS. The molecule has 1 atom stereocenters. The molecule has 2 N–H and O–H groups in total. The van der Waals surface area contributed by atoms with Crippen molar-refractivity contribution in [2.24, 2.45) is 0 Å². The van der Waals surface area contributed by atoms with Crippen LogP contribution in [0.15, 0.2) is 29.6 Å². The Balaban J connectivity index is 1.80. The number of nitrogens with one attached hydrogen (secondary N) is 1. The molecule has 0 fully saturated rings. The fourth-order valence-corrected chi connectivity index (χ4v) is 2.49. The lowest BCUT2D eigenvalue weighted by Crippen LogP contribution is -2.21. The van der Waals surface area contributed by atoms with Crippen molar-refractivity contribution in [1.29, 1.82) is 0 Å². The lowest BCUT2D eigenvalue weighted by molar-refractivity contribution is 0.475. The smallest absolute Gasteiger partial charge is 0.115 e. The van der Waals surface area contributed by atoms with Gasteiger partial charge in [0.25, 0.3) is 0 Å². The average molecular weight is 262 g/mol. The van der Waals surface area contributed by atoms with E-state index in [1.165, 1.54) is 5.56 Å². The lowest BCUT2D eigenvalue weighted by Gasteiger charge is -2.11. The Labute approximate surface area is 112 Å². The van der Waals surface area contributed by atoms with Gasteiger partial charge in [0.1, 0.15) is 5.75 Å². The summed E-state index contributed by atoms with van der Waals surface area (Å²) in [6, 6.07) is 7.64. The molecule has 0 spiro atoms. The second-order valence-corrected chi connectivity index (χ2v) is 5.45. The molecule has 18 heavy (non-hydrogen) atoms. The second kappa shape index (κ2) is 5.98. The van der Waals surface area contributed by atoms with Crippen molar-refractivity contribution in [3.8, 4) is 5.75 Å². The minimum Gasteiger partial charge on any atom is -0.508 e. The van der Waals surface area contributed by atoms with Gasteiger partial charge in [-0.15, -0.1) is 11.3 Å². The first-order valence-electron chi connectivity index (χ1n) is 6.08. The largest absolute Gasteiger partial charge is 0.508 e. The molecule has 2 rings (SSSR count). The van der Waals surface area contributed by atoms with E-state index in [0.717, 1.165) is 23.7 Å². The van der Waals surface area contributed by atoms with Crippen molar-refractivity contribution >= 4 is 11.3 Å². The second-order valence-electron chi connectivity index (χ2n) is 4.38. The van der Waals surface area contributed by atoms with E-state index in [-0.39, 0.29) is 6.04 Å². The summed E-state index contributed by atoms with van der Waals surface area (Å²) < 4.78 is 0. The number of aromatic nitrogens is 1. The molecule has 1 unspecified atom stereocenters. The summed E-state index contributed by atoms with van der Waals surface area (Å²) in [5, 5.41) is 15.9. The average Bonchev–Trinajstić information content (AvgIpc) is 2.78. The van der Waals surface area contributed by atoms with Crippen LogP contribution in [-0.4, -0.2) is 16.6 Å². The van der Waals surface area contributed by atoms with Gasteiger partial charge in [0, 0.05) is 11.4 Å². The molecule has 0 saturated heterocycles. The van der Waals surface area contributed by atoms with Crippen molar-refractivity contribution in [2.75, 3.05) is 6.54 Å². The summed E-state index contributed by atoms with van der Waals surface area (Å²) in [6.07, 6.45) is 0.952. The van der Waals surface area contributed by atoms with Gasteiger partial charge in [-0.05, 0) is 44.5 Å². The lowest BCUT2D eigenvalue weighted by atomic mass is 10.1. The van der Waals surface area contributed by atoms with Gasteiger partial charge >= 0.3 is 0 Å². The fourth-order valence-electron chi connectivity index (χ4n) is 1.78. The molecule has 0 aliphatic rings. The fraction of sp³-hybridized carbons (Fsp3) is 0.357. The number of rotatable bonds is 5. The molecule has 1 heterocycles. The number of hydrogen-bond acceptors (Lipinski definition) is 4. The molecule has 1 aromatic heterocycles. The molecule has 0 bridgehead atoms. The topological polar surface area (TPSA) is 45.2 Å². The summed E-state index contributed by atoms with van der Waals surface area (Å²) in [5.74, 6) is 0.318. The number of aromatic hydroxyl groups is 1. The van der Waals surface area contributed by atoms with Crippen LogP contribution in [0.5, 0.6) is 5.75 Å². The minimum atomic E-state index is 0.284. The van der Waals surface area contributed by atoms with Crippen molar-refractivity contribution in [2.45, 2.75) is 26.3 Å². The number of hydrogen-bond donors (Lipinski definition) is 2. The van der Waals surface area contributed by atoms with Crippen LogP contribution in [0, 0.1) is 6.92 Å². The van der Waals surface area contributed by atoms with E-state index in [1.807, 2.05) is 19.1 Å². The van der Waals surface area contributed by atoms with E-state index < -0.39 is 0 Å². The summed E-state index contributed by atoms with van der Waals surface area (Å²) in [5.41, 5.74) is 2.34. The van der Waals surface area contributed by atoms with Crippen LogP contribution >= 0.6 is 11.3 Å². The normalized spacial score (nSPS) is 12.6. The summed E-state index contributed by atoms with van der Waals surface area (Å²) >= 11 is 1.69. The van der Waals surface area contributed by atoms with Crippen molar-refractivity contribution < 1.29 is 5.11 Å². The van der Waals surface area contributed by atoms with E-state index in [0.29, 0.717) is 5.75 Å². The third-order valence-corrected chi connectivity index (χ3v) is 3.67. The van der Waals surface area contributed by atoms with Gasteiger partial charge in [-0.3, -0.25) is 0 Å². The van der Waals surface area contributed by atoms with E-state index in [2.05, 4.69) is 22.6 Å². The van der Waals surface area contributed by atoms with Gasteiger partial charge in [0.15, 0.2) is 0 Å². The molecular weight excluding hydrogens is 244 g/mol. The molecule has 2 aromatic rings. The molecule has 0 aliphatic carbocycles. The molecule has 1 aromatic carbocycles. The highest BCUT2D eigenvalue weighted by Crippen LogP contribution is 2.15. The zero-order chi connectivity index (χ0) is 13.0. The quantitative estimate of drug-likeness (QED) is 0.870. The Morgan fingerprint density at radius 2 is 2.06 bits per heavy atom. The first-order valence-corrected chi connectivity index (χ1v) is 6.96. The van der Waals surface area contributed by atoms with E-state index in [4.69, 9.17) is 0 Å². The predicted molar refractivity (Wildman–Crippen MR) is 75.1 cm³/mol. The van der Waals surface area contributed by atoms with Crippen molar-refractivity contribution in [3.05, 3.63) is 45.9 Å². The SMILES string of the molecule is Cc1nc(C(C)NCCc2ccc(O)cc2)cs1. The summed E-state index contributed by atoms with van der Waals surface area (Å²) in [6.45, 7) is 5.06. The zero-order valence-electron chi connectivity index (χ0n) is 10.7. The van der Waals surface area contributed by atoms with E-state index in [9.17, 15) is 5.11 Å². The number of phenolic OH excluding ortho intramolecular Hbond substituents is 1. The Kier molecular flexibility index (Phi) is 4.33. The van der Waals surface area contributed by atoms with Crippen LogP contribution in [0.2, 0.25) is 0 Å². The number of nitrogens with zero attached hydrogens (tertiary/aromatic N) is 1. The zero-order valence-corrected chi connectivity index (χ0v) is 11.5. The number of aryl methyl sites for hydroxylation is 1.